The van der Waals surface area contributed by atoms with Crippen LogP contribution in [0.3, 0.4) is 0 Å². The van der Waals surface area contributed by atoms with Crippen LogP contribution in [-0.4, -0.2) is 49.4 Å². The van der Waals surface area contributed by atoms with E-state index in [0.29, 0.717) is 25.9 Å². The van der Waals surface area contributed by atoms with Crippen LogP contribution < -0.4 is 0 Å². The van der Waals surface area contributed by atoms with E-state index in [4.69, 9.17) is 0 Å². The zero-order chi connectivity index (χ0) is 18.7. The lowest BCUT2D eigenvalue weighted by Gasteiger charge is -2.38. The molecule has 3 rings (SSSR count). The third kappa shape index (κ3) is 4.02. The molecule has 138 valence electrons. The van der Waals surface area contributed by atoms with Crippen molar-refractivity contribution in [1.82, 2.24) is 19.7 Å². The molecule has 1 unspecified atom stereocenters. The van der Waals surface area contributed by atoms with Gasteiger partial charge in [-0.05, 0) is 43.4 Å². The van der Waals surface area contributed by atoms with Crippen LogP contribution in [0.5, 0.6) is 0 Å². The number of hydrogen-bond acceptors (Lipinski definition) is 4. The molecule has 1 saturated heterocycles. The summed E-state index contributed by atoms with van der Waals surface area (Å²) in [7, 11) is 1.86. The Balaban J connectivity index is 1.72. The van der Waals surface area contributed by atoms with Crippen LogP contribution in [-0.2, 0) is 18.3 Å². The highest BCUT2D eigenvalue weighted by molar-refractivity contribution is 5.95. The number of carbonyl (C=O) groups excluding carboxylic acids is 1. The average Bonchev–Trinajstić information content (AvgIpc) is 2.99. The van der Waals surface area contributed by atoms with Gasteiger partial charge in [-0.25, -0.2) is 0 Å². The van der Waals surface area contributed by atoms with Crippen LogP contribution in [0.2, 0.25) is 0 Å². The molecule has 0 aliphatic carbocycles. The monoisotopic (exact) mass is 354 g/mol. The van der Waals surface area contributed by atoms with E-state index in [9.17, 15) is 9.90 Å². The Bertz CT molecular complexity index is 827. The molecule has 1 aromatic carbocycles. The number of carbonyl (C=O) groups is 1. The molecule has 0 spiro atoms. The SMILES string of the molecule is C/C(=C\C(=O)N1CCCC(O)(Cc2nncn2C)C1)c1ccccc1C. The molecule has 1 atom stereocenters. The molecule has 1 N–H and O–H groups in total. The number of β-amino-alcohol motifs (C(OH)–C–C–N with tert-alkyl or cyclic N) is 1. The number of piperidine rings is 1. The van der Waals surface area contributed by atoms with E-state index < -0.39 is 5.60 Å². The molecule has 6 nitrogen and oxygen atoms in total. The first-order chi connectivity index (χ1) is 12.4. The summed E-state index contributed by atoms with van der Waals surface area (Å²) >= 11 is 0. The summed E-state index contributed by atoms with van der Waals surface area (Å²) in [6.07, 6.45) is 5.13. The van der Waals surface area contributed by atoms with Gasteiger partial charge in [0, 0.05) is 26.1 Å². The third-order valence-electron chi connectivity index (χ3n) is 5.07. The molecule has 0 saturated carbocycles. The lowest BCUT2D eigenvalue weighted by Crippen LogP contribution is -2.51. The summed E-state index contributed by atoms with van der Waals surface area (Å²) in [5.41, 5.74) is 2.20. The van der Waals surface area contributed by atoms with Gasteiger partial charge in [0.2, 0.25) is 5.91 Å². The van der Waals surface area contributed by atoms with Gasteiger partial charge in [-0.3, -0.25) is 4.79 Å². The van der Waals surface area contributed by atoms with Crippen LogP contribution in [0.25, 0.3) is 5.57 Å². The summed E-state index contributed by atoms with van der Waals surface area (Å²) in [6.45, 7) is 4.97. The maximum Gasteiger partial charge on any atom is 0.246 e. The van der Waals surface area contributed by atoms with E-state index in [1.165, 1.54) is 0 Å². The Kier molecular flexibility index (Phi) is 5.23. The maximum absolute atomic E-state index is 12.8. The minimum Gasteiger partial charge on any atom is -0.388 e. The Morgan fingerprint density at radius 3 is 2.85 bits per heavy atom. The van der Waals surface area contributed by atoms with Crippen molar-refractivity contribution >= 4 is 11.5 Å². The minimum atomic E-state index is -0.959. The van der Waals surface area contributed by atoms with Gasteiger partial charge in [0.15, 0.2) is 0 Å². The van der Waals surface area contributed by atoms with Gasteiger partial charge in [-0.15, -0.1) is 10.2 Å². The van der Waals surface area contributed by atoms with Crippen LogP contribution in [0, 0.1) is 6.92 Å². The Morgan fingerprint density at radius 1 is 1.38 bits per heavy atom. The average molecular weight is 354 g/mol. The molecule has 1 fully saturated rings. The number of hydrogen-bond donors (Lipinski definition) is 1. The van der Waals surface area contributed by atoms with E-state index in [1.54, 1.807) is 21.9 Å². The molecule has 2 aromatic rings. The largest absolute Gasteiger partial charge is 0.388 e. The normalized spacial score (nSPS) is 21.1. The fraction of sp³-hybridized carbons (Fsp3) is 0.450. The summed E-state index contributed by atoms with van der Waals surface area (Å²) < 4.78 is 1.81. The van der Waals surface area contributed by atoms with Crippen molar-refractivity contribution in [3.05, 3.63) is 53.6 Å². The predicted octanol–water partition coefficient (Wildman–Crippen LogP) is 2.12. The van der Waals surface area contributed by atoms with Gasteiger partial charge in [-0.1, -0.05) is 24.3 Å². The molecule has 6 heteroatoms. The van der Waals surface area contributed by atoms with Gasteiger partial charge < -0.3 is 14.6 Å². The number of rotatable bonds is 4. The molecular weight excluding hydrogens is 328 g/mol. The first kappa shape index (κ1) is 18.3. The Morgan fingerprint density at radius 2 is 2.15 bits per heavy atom. The van der Waals surface area contributed by atoms with E-state index in [-0.39, 0.29) is 5.91 Å². The predicted molar refractivity (Wildman–Crippen MR) is 100 cm³/mol. The number of benzene rings is 1. The van der Waals surface area contributed by atoms with Crippen molar-refractivity contribution in [2.45, 2.75) is 38.7 Å². The maximum atomic E-state index is 12.8. The summed E-state index contributed by atoms with van der Waals surface area (Å²) in [5, 5.41) is 18.9. The summed E-state index contributed by atoms with van der Waals surface area (Å²) in [5.74, 6) is 0.676. The second-order valence-electron chi connectivity index (χ2n) is 7.26. The number of amides is 1. The van der Waals surface area contributed by atoms with E-state index >= 15 is 0 Å². The standard InChI is InChI=1S/C20H26N4O2/c1-15-7-4-5-8-17(15)16(2)11-19(25)24-10-6-9-20(26,13-24)12-18-22-21-14-23(18)3/h4-5,7-8,11,14,26H,6,9-10,12-13H2,1-3H3/b16-11+. The number of nitrogens with zero attached hydrogens (tertiary/aromatic N) is 4. The lowest BCUT2D eigenvalue weighted by molar-refractivity contribution is -0.133. The molecule has 0 bridgehead atoms. The van der Waals surface area contributed by atoms with Gasteiger partial charge in [0.05, 0.1) is 12.1 Å². The number of likely N-dealkylation sites (tertiary alicyclic amines) is 1. The molecule has 26 heavy (non-hydrogen) atoms. The highest BCUT2D eigenvalue weighted by atomic mass is 16.3. The molecule has 1 aliphatic heterocycles. The number of allylic oxidation sites excluding steroid dienone is 1. The quantitative estimate of drug-likeness (QED) is 0.854. The first-order valence-electron chi connectivity index (χ1n) is 8.96. The van der Waals surface area contributed by atoms with Gasteiger partial charge in [0.25, 0.3) is 0 Å². The number of aliphatic hydroxyl groups is 1. The summed E-state index contributed by atoms with van der Waals surface area (Å²) in [6, 6.07) is 8.03. The van der Waals surface area contributed by atoms with Gasteiger partial charge in [0.1, 0.15) is 12.2 Å². The fourth-order valence-corrected chi connectivity index (χ4v) is 3.58. The molecule has 1 aliphatic rings. The van der Waals surface area contributed by atoms with Crippen molar-refractivity contribution in [2.75, 3.05) is 13.1 Å². The zero-order valence-corrected chi connectivity index (χ0v) is 15.6. The molecule has 0 radical (unpaired) electrons. The molecule has 2 heterocycles. The highest BCUT2D eigenvalue weighted by Gasteiger charge is 2.36. The van der Waals surface area contributed by atoms with Crippen LogP contribution in [0.1, 0.15) is 36.7 Å². The topological polar surface area (TPSA) is 71.2 Å². The zero-order valence-electron chi connectivity index (χ0n) is 15.6. The smallest absolute Gasteiger partial charge is 0.246 e. The molecule has 1 aromatic heterocycles. The lowest BCUT2D eigenvalue weighted by atomic mass is 9.89. The molecule has 1 amide bonds. The first-order valence-corrected chi connectivity index (χ1v) is 8.96. The van der Waals surface area contributed by atoms with Crippen LogP contribution in [0.4, 0.5) is 0 Å². The summed E-state index contributed by atoms with van der Waals surface area (Å²) in [4.78, 5) is 14.5. The van der Waals surface area contributed by atoms with Crippen molar-refractivity contribution in [3.8, 4) is 0 Å². The van der Waals surface area contributed by atoms with E-state index in [0.717, 1.165) is 28.9 Å². The highest BCUT2D eigenvalue weighted by Crippen LogP contribution is 2.26. The third-order valence-corrected chi connectivity index (χ3v) is 5.07. The second kappa shape index (κ2) is 7.41. The van der Waals surface area contributed by atoms with E-state index in [1.807, 2.05) is 45.2 Å². The van der Waals surface area contributed by atoms with Crippen molar-refractivity contribution in [3.63, 3.8) is 0 Å². The van der Waals surface area contributed by atoms with E-state index in [2.05, 4.69) is 10.2 Å². The van der Waals surface area contributed by atoms with Crippen LogP contribution in [0.15, 0.2) is 36.7 Å². The fourth-order valence-electron chi connectivity index (χ4n) is 3.58. The Labute approximate surface area is 154 Å². The van der Waals surface area contributed by atoms with Gasteiger partial charge in [-0.2, -0.15) is 0 Å². The van der Waals surface area contributed by atoms with Crippen LogP contribution >= 0.6 is 0 Å². The van der Waals surface area contributed by atoms with Crippen molar-refractivity contribution in [2.24, 2.45) is 7.05 Å². The number of aromatic nitrogens is 3. The molecular formula is C20H26N4O2. The second-order valence-corrected chi connectivity index (χ2v) is 7.26. The number of aryl methyl sites for hydroxylation is 2. The Hall–Kier alpha value is -2.47. The van der Waals surface area contributed by atoms with Crippen molar-refractivity contribution < 1.29 is 9.90 Å². The minimum absolute atomic E-state index is 0.0538. The van der Waals surface area contributed by atoms with Gasteiger partial charge >= 0.3 is 0 Å². The van der Waals surface area contributed by atoms with Crippen molar-refractivity contribution in [1.29, 1.82) is 0 Å².